The van der Waals surface area contributed by atoms with E-state index in [1.807, 2.05) is 0 Å². The van der Waals surface area contributed by atoms with Crippen LogP contribution >= 0.6 is 0 Å². The molecule has 0 aromatic carbocycles. The zero-order valence-electron chi connectivity index (χ0n) is 12.4. The molecule has 2 atom stereocenters. The Kier molecular flexibility index (Phi) is 10.9. The number of carbonyl (C=O) groups is 2. The second-order valence-corrected chi connectivity index (χ2v) is 4.87. The van der Waals surface area contributed by atoms with Gasteiger partial charge in [-0.25, -0.2) is 0 Å². The molecule has 118 valence electrons. The SMILES string of the molecule is CNC(CCCCN)C(=O)N[C@@H](CCCCN)C(N)=O. The van der Waals surface area contributed by atoms with Gasteiger partial charge in [0.05, 0.1) is 6.04 Å². The highest BCUT2D eigenvalue weighted by atomic mass is 16.2. The molecular formula is C13H29N5O2. The van der Waals surface area contributed by atoms with Crippen molar-refractivity contribution in [2.75, 3.05) is 20.1 Å². The minimum atomic E-state index is -0.626. The molecule has 0 spiro atoms. The molecular weight excluding hydrogens is 258 g/mol. The number of hydrogen-bond donors (Lipinski definition) is 5. The van der Waals surface area contributed by atoms with E-state index < -0.39 is 11.9 Å². The number of rotatable bonds is 12. The van der Waals surface area contributed by atoms with Gasteiger partial charge in [0.2, 0.25) is 11.8 Å². The first-order valence-electron chi connectivity index (χ1n) is 7.23. The van der Waals surface area contributed by atoms with Gasteiger partial charge in [0.25, 0.3) is 0 Å². The standard InChI is InChI=1S/C13H29N5O2/c1-17-11(7-3-5-9-15)13(20)18-10(12(16)19)6-2-4-8-14/h10-11,17H,2-9,14-15H2,1H3,(H2,16,19)(H,18,20)/t10-,11?/m0/s1. The molecule has 0 saturated carbocycles. The average Bonchev–Trinajstić information content (AvgIpc) is 2.42. The fraction of sp³-hybridized carbons (Fsp3) is 0.846. The first-order valence-corrected chi connectivity index (χ1v) is 7.23. The van der Waals surface area contributed by atoms with Crippen molar-refractivity contribution in [2.24, 2.45) is 17.2 Å². The van der Waals surface area contributed by atoms with E-state index in [9.17, 15) is 9.59 Å². The van der Waals surface area contributed by atoms with Crippen molar-refractivity contribution in [1.82, 2.24) is 10.6 Å². The van der Waals surface area contributed by atoms with Gasteiger partial charge in [-0.3, -0.25) is 9.59 Å². The Morgan fingerprint density at radius 2 is 1.45 bits per heavy atom. The summed E-state index contributed by atoms with van der Waals surface area (Å²) in [5, 5.41) is 5.65. The molecule has 2 amide bonds. The van der Waals surface area contributed by atoms with Gasteiger partial charge in [0, 0.05) is 0 Å². The van der Waals surface area contributed by atoms with Crippen molar-refractivity contribution in [1.29, 1.82) is 0 Å². The van der Waals surface area contributed by atoms with Gasteiger partial charge < -0.3 is 27.8 Å². The number of nitrogens with one attached hydrogen (secondary N) is 2. The van der Waals surface area contributed by atoms with E-state index in [0.717, 1.165) is 25.7 Å². The molecule has 0 fully saturated rings. The maximum absolute atomic E-state index is 12.1. The minimum Gasteiger partial charge on any atom is -0.368 e. The predicted octanol–water partition coefficient (Wildman–Crippen LogP) is -1.20. The van der Waals surface area contributed by atoms with Crippen LogP contribution in [0.2, 0.25) is 0 Å². The van der Waals surface area contributed by atoms with Crippen molar-refractivity contribution in [3.05, 3.63) is 0 Å². The summed E-state index contributed by atoms with van der Waals surface area (Å²) in [7, 11) is 1.72. The lowest BCUT2D eigenvalue weighted by atomic mass is 10.1. The molecule has 0 saturated heterocycles. The molecule has 0 aromatic heterocycles. The van der Waals surface area contributed by atoms with Crippen LogP contribution in [0.1, 0.15) is 38.5 Å². The fourth-order valence-electron chi connectivity index (χ4n) is 1.95. The third-order valence-corrected chi connectivity index (χ3v) is 3.22. The molecule has 0 aromatic rings. The van der Waals surface area contributed by atoms with Crippen molar-refractivity contribution >= 4 is 11.8 Å². The summed E-state index contributed by atoms with van der Waals surface area (Å²) in [6, 6.07) is -0.947. The largest absolute Gasteiger partial charge is 0.368 e. The van der Waals surface area contributed by atoms with Gasteiger partial charge >= 0.3 is 0 Å². The topological polar surface area (TPSA) is 136 Å². The summed E-state index contributed by atoms with van der Waals surface area (Å²) in [5.74, 6) is -0.701. The predicted molar refractivity (Wildman–Crippen MR) is 79.8 cm³/mol. The van der Waals surface area contributed by atoms with Gasteiger partial charge in [-0.1, -0.05) is 6.42 Å². The van der Waals surface area contributed by atoms with Crippen LogP contribution in [0.3, 0.4) is 0 Å². The monoisotopic (exact) mass is 287 g/mol. The van der Waals surface area contributed by atoms with E-state index >= 15 is 0 Å². The fourth-order valence-corrected chi connectivity index (χ4v) is 1.95. The van der Waals surface area contributed by atoms with Gasteiger partial charge in [0.1, 0.15) is 6.04 Å². The van der Waals surface area contributed by atoms with Crippen LogP contribution in [0.25, 0.3) is 0 Å². The van der Waals surface area contributed by atoms with E-state index in [1.165, 1.54) is 0 Å². The highest BCUT2D eigenvalue weighted by Gasteiger charge is 2.22. The number of nitrogens with two attached hydrogens (primary N) is 3. The van der Waals surface area contributed by atoms with Crippen LogP contribution in [0.15, 0.2) is 0 Å². The highest BCUT2D eigenvalue weighted by molar-refractivity contribution is 5.88. The molecule has 0 radical (unpaired) electrons. The number of likely N-dealkylation sites (N-methyl/N-ethyl adjacent to an activating group) is 1. The molecule has 20 heavy (non-hydrogen) atoms. The Morgan fingerprint density at radius 1 is 0.950 bits per heavy atom. The minimum absolute atomic E-state index is 0.193. The summed E-state index contributed by atoms with van der Waals surface area (Å²) in [6.45, 7) is 1.18. The molecule has 1 unspecified atom stereocenters. The van der Waals surface area contributed by atoms with Crippen molar-refractivity contribution in [2.45, 2.75) is 50.6 Å². The number of primary amides is 1. The summed E-state index contributed by atoms with van der Waals surface area (Å²) in [5.41, 5.74) is 16.1. The Morgan fingerprint density at radius 3 is 1.85 bits per heavy atom. The normalized spacial score (nSPS) is 13.8. The maximum atomic E-state index is 12.1. The lowest BCUT2D eigenvalue weighted by Crippen LogP contribution is -2.51. The first kappa shape index (κ1) is 18.8. The Hall–Kier alpha value is -1.18. The van der Waals surface area contributed by atoms with Gasteiger partial charge in [-0.15, -0.1) is 0 Å². The van der Waals surface area contributed by atoms with E-state index in [0.29, 0.717) is 25.9 Å². The quantitative estimate of drug-likeness (QED) is 0.287. The summed E-state index contributed by atoms with van der Waals surface area (Å²) < 4.78 is 0. The number of carbonyl (C=O) groups excluding carboxylic acids is 2. The molecule has 0 aliphatic rings. The van der Waals surface area contributed by atoms with E-state index in [2.05, 4.69) is 10.6 Å². The zero-order chi connectivity index (χ0) is 15.4. The summed E-state index contributed by atoms with van der Waals surface area (Å²) in [6.07, 6.45) is 4.53. The highest BCUT2D eigenvalue weighted by Crippen LogP contribution is 2.04. The van der Waals surface area contributed by atoms with Gasteiger partial charge in [-0.05, 0) is 52.2 Å². The lowest BCUT2D eigenvalue weighted by molar-refractivity contribution is -0.128. The van der Waals surface area contributed by atoms with Crippen LogP contribution < -0.4 is 27.8 Å². The molecule has 0 aliphatic carbocycles. The number of amides is 2. The summed E-state index contributed by atoms with van der Waals surface area (Å²) >= 11 is 0. The molecule has 0 rings (SSSR count). The van der Waals surface area contributed by atoms with Gasteiger partial charge in [0.15, 0.2) is 0 Å². The smallest absolute Gasteiger partial charge is 0.240 e. The summed E-state index contributed by atoms with van der Waals surface area (Å²) in [4.78, 5) is 23.4. The van der Waals surface area contributed by atoms with Crippen LogP contribution in [0.4, 0.5) is 0 Å². The molecule has 0 heterocycles. The van der Waals surface area contributed by atoms with E-state index in [1.54, 1.807) is 7.05 Å². The maximum Gasteiger partial charge on any atom is 0.240 e. The second kappa shape index (κ2) is 11.6. The van der Waals surface area contributed by atoms with Crippen molar-refractivity contribution in [3.63, 3.8) is 0 Å². The third kappa shape index (κ3) is 8.08. The second-order valence-electron chi connectivity index (χ2n) is 4.87. The Labute approximate surface area is 121 Å². The molecule has 8 N–H and O–H groups in total. The van der Waals surface area contributed by atoms with Crippen LogP contribution in [-0.4, -0.2) is 44.0 Å². The molecule has 7 heteroatoms. The zero-order valence-corrected chi connectivity index (χ0v) is 12.4. The van der Waals surface area contributed by atoms with Crippen LogP contribution in [0.5, 0.6) is 0 Å². The molecule has 7 nitrogen and oxygen atoms in total. The van der Waals surface area contributed by atoms with Crippen molar-refractivity contribution in [3.8, 4) is 0 Å². The Bertz CT molecular complexity index is 286. The van der Waals surface area contributed by atoms with Crippen LogP contribution in [0, 0.1) is 0 Å². The average molecular weight is 287 g/mol. The molecule has 0 aliphatic heterocycles. The third-order valence-electron chi connectivity index (χ3n) is 3.22. The lowest BCUT2D eigenvalue weighted by Gasteiger charge is -2.20. The van der Waals surface area contributed by atoms with Gasteiger partial charge in [-0.2, -0.15) is 0 Å². The Balaban J connectivity index is 4.29. The number of hydrogen-bond acceptors (Lipinski definition) is 5. The number of unbranched alkanes of at least 4 members (excludes halogenated alkanes) is 2. The first-order chi connectivity index (χ1) is 9.56. The van der Waals surface area contributed by atoms with E-state index in [4.69, 9.17) is 17.2 Å². The van der Waals surface area contributed by atoms with Crippen molar-refractivity contribution < 1.29 is 9.59 Å². The van der Waals surface area contributed by atoms with E-state index in [-0.39, 0.29) is 11.9 Å². The van der Waals surface area contributed by atoms with Crippen LogP contribution in [-0.2, 0) is 9.59 Å². The molecule has 0 bridgehead atoms.